The molecule has 1 aromatic carbocycles. The number of carbonyl (C=O) groups is 1. The lowest BCUT2D eigenvalue weighted by atomic mass is 9.98. The van der Waals surface area contributed by atoms with E-state index in [0.29, 0.717) is 18.0 Å². The highest BCUT2D eigenvalue weighted by Gasteiger charge is 2.28. The molecule has 21 heavy (non-hydrogen) atoms. The van der Waals surface area contributed by atoms with Gasteiger partial charge in [0.15, 0.2) is 0 Å². The number of benzene rings is 1. The molecule has 1 aromatic heterocycles. The number of likely N-dealkylation sites (tertiary alicyclic amines) is 1. The number of carbonyl (C=O) groups excluding carboxylic acids is 1. The maximum absolute atomic E-state index is 12.6. The minimum atomic E-state index is -0.0916. The first-order valence-electron chi connectivity index (χ1n) is 7.15. The van der Waals surface area contributed by atoms with Crippen molar-refractivity contribution in [1.29, 1.82) is 0 Å². The highest BCUT2D eigenvalue weighted by Crippen LogP contribution is 2.31. The Bertz CT molecular complexity index is 653. The number of aromatic nitrogens is 1. The molecule has 2 heterocycles. The van der Waals surface area contributed by atoms with Crippen molar-refractivity contribution >= 4 is 17.2 Å². The third-order valence-corrected chi connectivity index (χ3v) is 4.91. The number of piperidine rings is 1. The van der Waals surface area contributed by atoms with Crippen LogP contribution in [0.4, 0.5) is 0 Å². The van der Waals surface area contributed by atoms with Gasteiger partial charge in [-0.3, -0.25) is 4.79 Å². The van der Waals surface area contributed by atoms with E-state index in [-0.39, 0.29) is 11.7 Å². The van der Waals surface area contributed by atoms with Crippen LogP contribution in [0.15, 0.2) is 30.5 Å². The predicted octanol–water partition coefficient (Wildman–Crippen LogP) is 3.18. The highest BCUT2D eigenvalue weighted by atomic mass is 32.1. The van der Waals surface area contributed by atoms with Gasteiger partial charge in [-0.1, -0.05) is 12.1 Å². The molecule has 1 saturated heterocycles. The minimum Gasteiger partial charge on any atom is -0.507 e. The van der Waals surface area contributed by atoms with Gasteiger partial charge < -0.3 is 10.0 Å². The van der Waals surface area contributed by atoms with Crippen molar-refractivity contribution in [3.05, 3.63) is 45.9 Å². The van der Waals surface area contributed by atoms with Crippen LogP contribution >= 0.6 is 11.3 Å². The summed E-state index contributed by atoms with van der Waals surface area (Å²) in [7, 11) is 0. The zero-order chi connectivity index (χ0) is 14.8. The standard InChI is InChI=1S/C16H18N2O2S/c1-11-9-17-15(21-11)12-5-4-8-18(10-12)16(20)13-6-2-3-7-14(13)19/h2-3,6-7,9,12,19H,4-5,8,10H2,1H3. The SMILES string of the molecule is Cc1cnc(C2CCCN(C(=O)c3ccccc3O)C2)s1. The van der Waals surface area contributed by atoms with Crippen LogP contribution in [0, 0.1) is 6.92 Å². The lowest BCUT2D eigenvalue weighted by molar-refractivity contribution is 0.0704. The van der Waals surface area contributed by atoms with Crippen molar-refractivity contribution in [2.24, 2.45) is 0 Å². The van der Waals surface area contributed by atoms with Crippen molar-refractivity contribution in [3.63, 3.8) is 0 Å². The van der Waals surface area contributed by atoms with E-state index in [1.807, 2.05) is 11.1 Å². The lowest BCUT2D eigenvalue weighted by Crippen LogP contribution is -2.39. The Balaban J connectivity index is 1.77. The average molecular weight is 302 g/mol. The van der Waals surface area contributed by atoms with Crippen molar-refractivity contribution in [1.82, 2.24) is 9.88 Å². The molecule has 0 aliphatic carbocycles. The zero-order valence-electron chi connectivity index (χ0n) is 12.0. The molecule has 5 heteroatoms. The molecule has 1 N–H and O–H groups in total. The summed E-state index contributed by atoms with van der Waals surface area (Å²) in [6.45, 7) is 3.48. The highest BCUT2D eigenvalue weighted by molar-refractivity contribution is 7.11. The van der Waals surface area contributed by atoms with Gasteiger partial charge in [-0.15, -0.1) is 11.3 Å². The Hall–Kier alpha value is -1.88. The topological polar surface area (TPSA) is 53.4 Å². The molecule has 1 amide bonds. The number of phenolic OH excluding ortho intramolecular Hbond substituents is 1. The van der Waals surface area contributed by atoms with Gasteiger partial charge in [0.05, 0.1) is 10.6 Å². The first-order chi connectivity index (χ1) is 10.1. The third-order valence-electron chi connectivity index (χ3n) is 3.83. The number of thiazole rings is 1. The predicted molar refractivity (Wildman–Crippen MR) is 82.8 cm³/mol. The summed E-state index contributed by atoms with van der Waals surface area (Å²) in [5, 5.41) is 11.0. The van der Waals surface area contributed by atoms with Gasteiger partial charge in [0.25, 0.3) is 5.91 Å². The summed E-state index contributed by atoms with van der Waals surface area (Å²) in [6, 6.07) is 6.73. The van der Waals surface area contributed by atoms with Gasteiger partial charge in [0, 0.05) is 30.1 Å². The number of hydrogen-bond donors (Lipinski definition) is 1. The summed E-state index contributed by atoms with van der Waals surface area (Å²) in [4.78, 5) is 20.0. The second-order valence-electron chi connectivity index (χ2n) is 5.42. The fourth-order valence-electron chi connectivity index (χ4n) is 2.75. The minimum absolute atomic E-state index is 0.0507. The Morgan fingerprint density at radius 2 is 2.24 bits per heavy atom. The van der Waals surface area contributed by atoms with E-state index in [9.17, 15) is 9.90 Å². The number of aromatic hydroxyl groups is 1. The molecule has 0 saturated carbocycles. The van der Waals surface area contributed by atoms with E-state index in [1.54, 1.807) is 35.6 Å². The molecule has 0 spiro atoms. The third kappa shape index (κ3) is 2.93. The number of hydrogen-bond acceptors (Lipinski definition) is 4. The van der Waals surface area contributed by atoms with Gasteiger partial charge >= 0.3 is 0 Å². The molecule has 1 atom stereocenters. The van der Waals surface area contributed by atoms with Crippen LogP contribution < -0.4 is 0 Å². The zero-order valence-corrected chi connectivity index (χ0v) is 12.8. The quantitative estimate of drug-likeness (QED) is 0.927. The van der Waals surface area contributed by atoms with E-state index in [2.05, 4.69) is 11.9 Å². The molecule has 1 fully saturated rings. The molecular weight excluding hydrogens is 284 g/mol. The molecule has 3 rings (SSSR count). The van der Waals surface area contributed by atoms with Gasteiger partial charge in [0.1, 0.15) is 5.75 Å². The molecule has 1 aliphatic rings. The number of rotatable bonds is 2. The number of amides is 1. The number of phenols is 1. The smallest absolute Gasteiger partial charge is 0.257 e. The fourth-order valence-corrected chi connectivity index (χ4v) is 3.65. The van der Waals surface area contributed by atoms with Gasteiger partial charge in [-0.25, -0.2) is 4.98 Å². The van der Waals surface area contributed by atoms with Crippen LogP contribution in [-0.2, 0) is 0 Å². The number of nitrogens with zero attached hydrogens (tertiary/aromatic N) is 2. The van der Waals surface area contributed by atoms with Crippen LogP contribution in [-0.4, -0.2) is 34.0 Å². The van der Waals surface area contributed by atoms with Gasteiger partial charge in [-0.2, -0.15) is 0 Å². The molecule has 1 unspecified atom stereocenters. The molecular formula is C16H18N2O2S. The monoisotopic (exact) mass is 302 g/mol. The van der Waals surface area contributed by atoms with Crippen molar-refractivity contribution in [3.8, 4) is 5.75 Å². The molecule has 4 nitrogen and oxygen atoms in total. The summed E-state index contributed by atoms with van der Waals surface area (Å²) < 4.78 is 0. The Labute approximate surface area is 128 Å². The second-order valence-corrected chi connectivity index (χ2v) is 6.68. The second kappa shape index (κ2) is 5.85. The van der Waals surface area contributed by atoms with Gasteiger partial charge in [0.2, 0.25) is 0 Å². The maximum Gasteiger partial charge on any atom is 0.257 e. The lowest BCUT2D eigenvalue weighted by Gasteiger charge is -2.32. The van der Waals surface area contributed by atoms with Crippen molar-refractivity contribution < 1.29 is 9.90 Å². The Morgan fingerprint density at radius 3 is 2.95 bits per heavy atom. The number of aryl methyl sites for hydroxylation is 1. The van der Waals surface area contributed by atoms with Crippen LogP contribution in [0.5, 0.6) is 5.75 Å². The van der Waals surface area contributed by atoms with Crippen LogP contribution in [0.25, 0.3) is 0 Å². The van der Waals surface area contributed by atoms with Crippen molar-refractivity contribution in [2.45, 2.75) is 25.7 Å². The Kier molecular flexibility index (Phi) is 3.92. The Morgan fingerprint density at radius 1 is 1.43 bits per heavy atom. The van der Waals surface area contributed by atoms with Crippen LogP contribution in [0.3, 0.4) is 0 Å². The normalized spacial score (nSPS) is 18.7. The average Bonchev–Trinajstić information content (AvgIpc) is 2.94. The van der Waals surface area contributed by atoms with Gasteiger partial charge in [-0.05, 0) is 31.9 Å². The summed E-state index contributed by atoms with van der Waals surface area (Å²) in [6.07, 6.45) is 3.93. The van der Waals surface area contributed by atoms with E-state index < -0.39 is 0 Å². The maximum atomic E-state index is 12.6. The molecule has 110 valence electrons. The summed E-state index contributed by atoms with van der Waals surface area (Å²) in [5.41, 5.74) is 0.383. The van der Waals surface area contributed by atoms with E-state index in [0.717, 1.165) is 24.4 Å². The molecule has 1 aliphatic heterocycles. The molecule has 0 bridgehead atoms. The first-order valence-corrected chi connectivity index (χ1v) is 7.96. The molecule has 2 aromatic rings. The first kappa shape index (κ1) is 14.1. The molecule has 0 radical (unpaired) electrons. The largest absolute Gasteiger partial charge is 0.507 e. The van der Waals surface area contributed by atoms with E-state index in [1.165, 1.54) is 4.88 Å². The van der Waals surface area contributed by atoms with Crippen LogP contribution in [0.1, 0.15) is 39.0 Å². The van der Waals surface area contributed by atoms with E-state index in [4.69, 9.17) is 0 Å². The van der Waals surface area contributed by atoms with E-state index >= 15 is 0 Å². The summed E-state index contributed by atoms with van der Waals surface area (Å²) in [5.74, 6) is 0.271. The van der Waals surface area contributed by atoms with Crippen LogP contribution in [0.2, 0.25) is 0 Å². The summed E-state index contributed by atoms with van der Waals surface area (Å²) >= 11 is 1.71. The number of para-hydroxylation sites is 1. The van der Waals surface area contributed by atoms with Crippen molar-refractivity contribution in [2.75, 3.05) is 13.1 Å². The fraction of sp³-hybridized carbons (Fsp3) is 0.375.